The molecular formula is C10H16O. The van der Waals surface area contributed by atoms with Gasteiger partial charge in [0, 0.05) is 14.2 Å². The van der Waals surface area contributed by atoms with E-state index in [2.05, 4.69) is 35.9 Å². The molecule has 1 aromatic carbocycles. The third kappa shape index (κ3) is 5.62. The molecule has 0 spiro atoms. The molecule has 0 saturated carbocycles. The molecule has 0 aliphatic carbocycles. The summed E-state index contributed by atoms with van der Waals surface area (Å²) < 4.78 is 4.25. The molecule has 1 nitrogen and oxygen atoms in total. The van der Waals surface area contributed by atoms with Gasteiger partial charge in [-0.1, -0.05) is 37.3 Å². The van der Waals surface area contributed by atoms with Crippen molar-refractivity contribution in [1.82, 2.24) is 0 Å². The molecule has 0 N–H and O–H groups in total. The van der Waals surface area contributed by atoms with Crippen molar-refractivity contribution in [2.45, 2.75) is 13.3 Å². The topological polar surface area (TPSA) is 9.23 Å². The molecule has 0 heterocycles. The van der Waals surface area contributed by atoms with E-state index in [1.165, 1.54) is 5.56 Å². The van der Waals surface area contributed by atoms with Gasteiger partial charge >= 0.3 is 0 Å². The Labute approximate surface area is 69.0 Å². The summed E-state index contributed by atoms with van der Waals surface area (Å²) in [6.07, 6.45) is 1.14. The van der Waals surface area contributed by atoms with Crippen molar-refractivity contribution in [3.63, 3.8) is 0 Å². The van der Waals surface area contributed by atoms with Crippen LogP contribution in [0.15, 0.2) is 30.3 Å². The van der Waals surface area contributed by atoms with Gasteiger partial charge < -0.3 is 4.74 Å². The predicted octanol–water partition coefficient (Wildman–Crippen LogP) is 2.51. The molecule has 0 atom stereocenters. The van der Waals surface area contributed by atoms with E-state index in [9.17, 15) is 0 Å². The lowest BCUT2D eigenvalue weighted by Crippen LogP contribution is -1.73. The Balaban J connectivity index is 0.000000292. The number of rotatable bonds is 1. The number of benzene rings is 1. The Morgan fingerprint density at radius 2 is 1.55 bits per heavy atom. The van der Waals surface area contributed by atoms with Gasteiger partial charge in [0.1, 0.15) is 0 Å². The van der Waals surface area contributed by atoms with Crippen LogP contribution in [0.5, 0.6) is 0 Å². The van der Waals surface area contributed by atoms with Crippen LogP contribution in [0, 0.1) is 0 Å². The van der Waals surface area contributed by atoms with Crippen LogP contribution in [0.2, 0.25) is 0 Å². The first kappa shape index (κ1) is 10.2. The van der Waals surface area contributed by atoms with E-state index in [0.29, 0.717) is 0 Å². The molecule has 62 valence electrons. The smallest absolute Gasteiger partial charge is 0.0351 e. The standard InChI is InChI=1S/C8H10.C2H6O/c1-2-8-6-4-3-5-7-8;1-3-2/h3-7H,2H2,1H3;1-2H3. The van der Waals surface area contributed by atoms with E-state index >= 15 is 0 Å². The van der Waals surface area contributed by atoms with E-state index in [1.54, 1.807) is 14.2 Å². The Kier molecular flexibility index (Phi) is 6.75. The Bertz CT molecular complexity index is 158. The summed E-state index contributed by atoms with van der Waals surface area (Å²) >= 11 is 0. The molecule has 0 saturated heterocycles. The second-order valence-electron chi connectivity index (χ2n) is 2.25. The Morgan fingerprint density at radius 1 is 1.09 bits per heavy atom. The zero-order chi connectivity index (χ0) is 8.53. The Hall–Kier alpha value is -0.820. The summed E-state index contributed by atoms with van der Waals surface area (Å²) in [5.41, 5.74) is 1.41. The number of hydrogen-bond donors (Lipinski definition) is 0. The zero-order valence-electron chi connectivity index (χ0n) is 7.50. The van der Waals surface area contributed by atoms with Crippen molar-refractivity contribution < 1.29 is 4.74 Å². The van der Waals surface area contributed by atoms with Gasteiger partial charge in [-0.05, 0) is 12.0 Å². The minimum atomic E-state index is 1.14. The third-order valence-electron chi connectivity index (χ3n) is 1.25. The van der Waals surface area contributed by atoms with Crippen molar-refractivity contribution in [1.29, 1.82) is 0 Å². The number of methoxy groups -OCH3 is 1. The maximum absolute atomic E-state index is 4.25. The van der Waals surface area contributed by atoms with Crippen molar-refractivity contribution in [2.24, 2.45) is 0 Å². The van der Waals surface area contributed by atoms with Gasteiger partial charge in [-0.25, -0.2) is 0 Å². The maximum Gasteiger partial charge on any atom is 0.0351 e. The molecule has 0 fully saturated rings. The molecule has 1 rings (SSSR count). The van der Waals surface area contributed by atoms with Gasteiger partial charge in [-0.3, -0.25) is 0 Å². The predicted molar refractivity (Wildman–Crippen MR) is 48.8 cm³/mol. The van der Waals surface area contributed by atoms with E-state index in [1.807, 2.05) is 6.07 Å². The SMILES string of the molecule is CCc1ccccc1.COC. The molecule has 1 heteroatoms. The van der Waals surface area contributed by atoms with Crippen LogP contribution in [0.25, 0.3) is 0 Å². The number of aryl methyl sites for hydroxylation is 1. The number of hydrogen-bond acceptors (Lipinski definition) is 1. The summed E-state index contributed by atoms with van der Waals surface area (Å²) in [4.78, 5) is 0. The highest BCUT2D eigenvalue weighted by atomic mass is 16.4. The van der Waals surface area contributed by atoms with Gasteiger partial charge in [-0.15, -0.1) is 0 Å². The van der Waals surface area contributed by atoms with Crippen molar-refractivity contribution in [3.05, 3.63) is 35.9 Å². The van der Waals surface area contributed by atoms with Gasteiger partial charge in [0.25, 0.3) is 0 Å². The molecule has 0 aliphatic heterocycles. The highest BCUT2D eigenvalue weighted by Gasteiger charge is 1.79. The van der Waals surface area contributed by atoms with E-state index in [4.69, 9.17) is 0 Å². The fourth-order valence-corrected chi connectivity index (χ4v) is 0.714. The van der Waals surface area contributed by atoms with Crippen molar-refractivity contribution in [3.8, 4) is 0 Å². The third-order valence-corrected chi connectivity index (χ3v) is 1.25. The lowest BCUT2D eigenvalue weighted by atomic mass is 10.2. The molecule has 0 aromatic heterocycles. The largest absolute Gasteiger partial charge is 0.388 e. The van der Waals surface area contributed by atoms with Gasteiger partial charge in [0.2, 0.25) is 0 Å². The molecule has 0 bridgehead atoms. The molecule has 11 heavy (non-hydrogen) atoms. The highest BCUT2D eigenvalue weighted by molar-refractivity contribution is 5.13. The first-order valence-corrected chi connectivity index (χ1v) is 3.79. The zero-order valence-corrected chi connectivity index (χ0v) is 7.50. The maximum atomic E-state index is 4.25. The van der Waals surface area contributed by atoms with Gasteiger partial charge in [0.15, 0.2) is 0 Å². The van der Waals surface area contributed by atoms with Crippen LogP contribution in [-0.4, -0.2) is 14.2 Å². The monoisotopic (exact) mass is 152 g/mol. The summed E-state index contributed by atoms with van der Waals surface area (Å²) in [6.45, 7) is 2.16. The van der Waals surface area contributed by atoms with E-state index in [-0.39, 0.29) is 0 Å². The Morgan fingerprint density at radius 3 is 1.82 bits per heavy atom. The molecule has 1 aromatic rings. The van der Waals surface area contributed by atoms with Crippen LogP contribution < -0.4 is 0 Å². The molecule has 0 unspecified atom stereocenters. The summed E-state index contributed by atoms with van der Waals surface area (Å²) in [6, 6.07) is 10.5. The summed E-state index contributed by atoms with van der Waals surface area (Å²) in [7, 11) is 3.25. The fourth-order valence-electron chi connectivity index (χ4n) is 0.714. The van der Waals surface area contributed by atoms with Crippen LogP contribution in [0.1, 0.15) is 12.5 Å². The first-order valence-electron chi connectivity index (χ1n) is 3.79. The summed E-state index contributed by atoms with van der Waals surface area (Å²) in [5, 5.41) is 0. The minimum Gasteiger partial charge on any atom is -0.388 e. The van der Waals surface area contributed by atoms with Crippen molar-refractivity contribution >= 4 is 0 Å². The lowest BCUT2D eigenvalue weighted by Gasteiger charge is -1.89. The van der Waals surface area contributed by atoms with E-state index in [0.717, 1.165) is 6.42 Å². The van der Waals surface area contributed by atoms with Crippen LogP contribution >= 0.6 is 0 Å². The average molecular weight is 152 g/mol. The van der Waals surface area contributed by atoms with Gasteiger partial charge in [-0.2, -0.15) is 0 Å². The lowest BCUT2D eigenvalue weighted by molar-refractivity contribution is 0.277. The normalized spacial score (nSPS) is 8.27. The van der Waals surface area contributed by atoms with Crippen molar-refractivity contribution in [2.75, 3.05) is 14.2 Å². The quantitative estimate of drug-likeness (QED) is 0.600. The molecule has 0 amide bonds. The van der Waals surface area contributed by atoms with Crippen LogP contribution in [-0.2, 0) is 11.2 Å². The van der Waals surface area contributed by atoms with Gasteiger partial charge in [0.05, 0.1) is 0 Å². The molecule has 0 aliphatic rings. The molecular weight excluding hydrogens is 136 g/mol. The average Bonchev–Trinajstić information content (AvgIpc) is 2.08. The van der Waals surface area contributed by atoms with Crippen LogP contribution in [0.4, 0.5) is 0 Å². The number of ether oxygens (including phenoxy) is 1. The van der Waals surface area contributed by atoms with Crippen LogP contribution in [0.3, 0.4) is 0 Å². The van der Waals surface area contributed by atoms with E-state index < -0.39 is 0 Å². The molecule has 0 radical (unpaired) electrons. The fraction of sp³-hybridized carbons (Fsp3) is 0.400. The minimum absolute atomic E-state index is 1.14. The highest BCUT2D eigenvalue weighted by Crippen LogP contribution is 1.96. The summed E-state index contributed by atoms with van der Waals surface area (Å²) in [5.74, 6) is 0. The first-order chi connectivity index (χ1) is 5.35. The second kappa shape index (κ2) is 7.29. The second-order valence-corrected chi connectivity index (χ2v) is 2.25.